The Kier molecular flexibility index (Phi) is 3.98. The molecule has 88 valence electrons. The SMILES string of the molecule is O=C(Cc1cccc(Br)c1)NCc1cc[nH]c1. The highest BCUT2D eigenvalue weighted by atomic mass is 79.9. The highest BCUT2D eigenvalue weighted by Gasteiger charge is 2.03. The van der Waals surface area contributed by atoms with Crippen LogP contribution in [-0.2, 0) is 17.8 Å². The van der Waals surface area contributed by atoms with Crippen LogP contribution in [0.4, 0.5) is 0 Å². The maximum Gasteiger partial charge on any atom is 0.224 e. The quantitative estimate of drug-likeness (QED) is 0.894. The van der Waals surface area contributed by atoms with Gasteiger partial charge in [-0.3, -0.25) is 4.79 Å². The third-order valence-electron chi connectivity index (χ3n) is 2.41. The van der Waals surface area contributed by atoms with Crippen molar-refractivity contribution in [2.45, 2.75) is 13.0 Å². The molecule has 1 heterocycles. The van der Waals surface area contributed by atoms with Gasteiger partial charge in [0.15, 0.2) is 0 Å². The Morgan fingerprint density at radius 1 is 1.29 bits per heavy atom. The average Bonchev–Trinajstić information content (AvgIpc) is 2.79. The lowest BCUT2D eigenvalue weighted by Crippen LogP contribution is -2.24. The van der Waals surface area contributed by atoms with Crippen LogP contribution in [0.1, 0.15) is 11.1 Å². The molecule has 0 atom stereocenters. The number of hydrogen-bond acceptors (Lipinski definition) is 1. The second-order valence-electron chi connectivity index (χ2n) is 3.80. The van der Waals surface area contributed by atoms with Gasteiger partial charge in [-0.25, -0.2) is 0 Å². The van der Waals surface area contributed by atoms with E-state index in [1.54, 1.807) is 0 Å². The Morgan fingerprint density at radius 3 is 2.88 bits per heavy atom. The average molecular weight is 293 g/mol. The van der Waals surface area contributed by atoms with Crippen LogP contribution in [0, 0.1) is 0 Å². The highest BCUT2D eigenvalue weighted by molar-refractivity contribution is 9.10. The van der Waals surface area contributed by atoms with E-state index in [0.29, 0.717) is 13.0 Å². The first kappa shape index (κ1) is 11.9. The lowest BCUT2D eigenvalue weighted by molar-refractivity contribution is -0.120. The van der Waals surface area contributed by atoms with Crippen molar-refractivity contribution in [2.24, 2.45) is 0 Å². The molecule has 0 aliphatic rings. The van der Waals surface area contributed by atoms with Crippen molar-refractivity contribution in [2.75, 3.05) is 0 Å². The van der Waals surface area contributed by atoms with Gasteiger partial charge in [-0.2, -0.15) is 0 Å². The molecule has 0 spiro atoms. The van der Waals surface area contributed by atoms with Crippen molar-refractivity contribution >= 4 is 21.8 Å². The molecular weight excluding hydrogens is 280 g/mol. The van der Waals surface area contributed by atoms with Crippen LogP contribution in [-0.4, -0.2) is 10.9 Å². The minimum Gasteiger partial charge on any atom is -0.367 e. The number of carbonyl (C=O) groups excluding carboxylic acids is 1. The molecule has 2 N–H and O–H groups in total. The minimum absolute atomic E-state index is 0.0318. The van der Waals surface area contributed by atoms with E-state index in [9.17, 15) is 4.79 Å². The van der Waals surface area contributed by atoms with E-state index in [4.69, 9.17) is 0 Å². The zero-order valence-electron chi connectivity index (χ0n) is 9.24. The van der Waals surface area contributed by atoms with Gasteiger partial charge in [0, 0.05) is 23.4 Å². The molecule has 0 radical (unpaired) electrons. The summed E-state index contributed by atoms with van der Waals surface area (Å²) in [7, 11) is 0. The van der Waals surface area contributed by atoms with Gasteiger partial charge < -0.3 is 10.3 Å². The molecule has 0 unspecified atom stereocenters. The van der Waals surface area contributed by atoms with Crippen molar-refractivity contribution in [3.05, 3.63) is 58.3 Å². The number of hydrogen-bond donors (Lipinski definition) is 2. The van der Waals surface area contributed by atoms with Crippen molar-refractivity contribution in [1.82, 2.24) is 10.3 Å². The highest BCUT2D eigenvalue weighted by Crippen LogP contribution is 2.11. The minimum atomic E-state index is 0.0318. The monoisotopic (exact) mass is 292 g/mol. The molecule has 0 bridgehead atoms. The first-order valence-electron chi connectivity index (χ1n) is 5.37. The summed E-state index contributed by atoms with van der Waals surface area (Å²) < 4.78 is 0.994. The number of aromatic nitrogens is 1. The fourth-order valence-electron chi connectivity index (χ4n) is 1.56. The van der Waals surface area contributed by atoms with E-state index >= 15 is 0 Å². The largest absolute Gasteiger partial charge is 0.367 e. The van der Waals surface area contributed by atoms with Gasteiger partial charge in [-0.1, -0.05) is 28.1 Å². The van der Waals surface area contributed by atoms with Crippen molar-refractivity contribution in [1.29, 1.82) is 0 Å². The maximum absolute atomic E-state index is 11.7. The molecule has 3 nitrogen and oxygen atoms in total. The summed E-state index contributed by atoms with van der Waals surface area (Å²) >= 11 is 3.39. The second kappa shape index (κ2) is 5.68. The zero-order valence-corrected chi connectivity index (χ0v) is 10.8. The number of halogens is 1. The van der Waals surface area contributed by atoms with Gasteiger partial charge >= 0.3 is 0 Å². The fraction of sp³-hybridized carbons (Fsp3) is 0.154. The van der Waals surface area contributed by atoms with Gasteiger partial charge in [-0.15, -0.1) is 0 Å². The van der Waals surface area contributed by atoms with E-state index in [1.165, 1.54) is 0 Å². The summed E-state index contributed by atoms with van der Waals surface area (Å²) in [6.45, 7) is 0.566. The molecule has 0 saturated carbocycles. The predicted octanol–water partition coefficient (Wildman–Crippen LogP) is 2.64. The summed E-state index contributed by atoms with van der Waals surface area (Å²) in [6.07, 6.45) is 4.12. The lowest BCUT2D eigenvalue weighted by atomic mass is 10.1. The van der Waals surface area contributed by atoms with Crippen LogP contribution in [0.2, 0.25) is 0 Å². The first-order chi connectivity index (χ1) is 8.24. The standard InChI is InChI=1S/C13H13BrN2O/c14-12-3-1-2-10(6-12)7-13(17)16-9-11-4-5-15-8-11/h1-6,8,15H,7,9H2,(H,16,17). The molecular formula is C13H13BrN2O. The van der Waals surface area contributed by atoms with Crippen molar-refractivity contribution in [3.8, 4) is 0 Å². The number of carbonyl (C=O) groups is 1. The summed E-state index contributed by atoms with van der Waals surface area (Å²) in [5.74, 6) is 0.0318. The topological polar surface area (TPSA) is 44.9 Å². The van der Waals surface area contributed by atoms with Gasteiger partial charge in [-0.05, 0) is 29.3 Å². The van der Waals surface area contributed by atoms with E-state index < -0.39 is 0 Å². The van der Waals surface area contributed by atoms with E-state index in [-0.39, 0.29) is 5.91 Å². The number of H-pyrrole nitrogens is 1. The smallest absolute Gasteiger partial charge is 0.224 e. The normalized spacial score (nSPS) is 10.2. The van der Waals surface area contributed by atoms with Crippen LogP contribution in [0.3, 0.4) is 0 Å². The number of nitrogens with one attached hydrogen (secondary N) is 2. The molecule has 0 fully saturated rings. The Labute approximate surface area is 108 Å². The van der Waals surface area contributed by atoms with Crippen LogP contribution >= 0.6 is 15.9 Å². The van der Waals surface area contributed by atoms with Gasteiger partial charge in [0.2, 0.25) is 5.91 Å². The lowest BCUT2D eigenvalue weighted by Gasteiger charge is -2.04. The molecule has 2 aromatic rings. The number of rotatable bonds is 4. The van der Waals surface area contributed by atoms with Crippen molar-refractivity contribution < 1.29 is 4.79 Å². The van der Waals surface area contributed by atoms with E-state index in [1.807, 2.05) is 42.7 Å². The summed E-state index contributed by atoms with van der Waals surface area (Å²) in [5, 5.41) is 2.88. The summed E-state index contributed by atoms with van der Waals surface area (Å²) in [4.78, 5) is 14.6. The Balaban J connectivity index is 1.85. The maximum atomic E-state index is 11.7. The Bertz CT molecular complexity index is 494. The summed E-state index contributed by atoms with van der Waals surface area (Å²) in [5.41, 5.74) is 2.08. The fourth-order valence-corrected chi connectivity index (χ4v) is 2.01. The molecule has 2 rings (SSSR count). The zero-order chi connectivity index (χ0) is 12.1. The number of benzene rings is 1. The number of amides is 1. The summed E-state index contributed by atoms with van der Waals surface area (Å²) in [6, 6.07) is 9.72. The van der Waals surface area contributed by atoms with Gasteiger partial charge in [0.05, 0.1) is 6.42 Å². The third kappa shape index (κ3) is 3.75. The molecule has 0 aliphatic carbocycles. The van der Waals surface area contributed by atoms with Crippen LogP contribution < -0.4 is 5.32 Å². The molecule has 1 aromatic carbocycles. The molecule has 1 amide bonds. The molecule has 17 heavy (non-hydrogen) atoms. The molecule has 0 saturated heterocycles. The van der Waals surface area contributed by atoms with Gasteiger partial charge in [0.1, 0.15) is 0 Å². The van der Waals surface area contributed by atoms with Crippen LogP contribution in [0.25, 0.3) is 0 Å². The van der Waals surface area contributed by atoms with E-state index in [2.05, 4.69) is 26.2 Å². The first-order valence-corrected chi connectivity index (χ1v) is 6.16. The molecule has 4 heteroatoms. The predicted molar refractivity (Wildman–Crippen MR) is 70.5 cm³/mol. The van der Waals surface area contributed by atoms with Gasteiger partial charge in [0.25, 0.3) is 0 Å². The van der Waals surface area contributed by atoms with Crippen LogP contribution in [0.5, 0.6) is 0 Å². The number of aromatic amines is 1. The Hall–Kier alpha value is -1.55. The Morgan fingerprint density at radius 2 is 2.18 bits per heavy atom. The van der Waals surface area contributed by atoms with Crippen molar-refractivity contribution in [3.63, 3.8) is 0 Å². The van der Waals surface area contributed by atoms with Crippen LogP contribution in [0.15, 0.2) is 47.2 Å². The third-order valence-corrected chi connectivity index (χ3v) is 2.90. The van der Waals surface area contributed by atoms with E-state index in [0.717, 1.165) is 15.6 Å². The second-order valence-corrected chi connectivity index (χ2v) is 4.72. The molecule has 1 aromatic heterocycles. The molecule has 0 aliphatic heterocycles.